The van der Waals surface area contributed by atoms with Crippen molar-refractivity contribution in [2.45, 2.75) is 19.8 Å². The van der Waals surface area contributed by atoms with Crippen molar-refractivity contribution in [1.29, 1.82) is 0 Å². The van der Waals surface area contributed by atoms with Gasteiger partial charge in [-0.3, -0.25) is 0 Å². The van der Waals surface area contributed by atoms with Crippen LogP contribution in [-0.4, -0.2) is 17.5 Å². The SMILES string of the molecule is CCOc1cccc(Nc2cccc(CCCCl)c2)n1. The fraction of sp³-hybridized carbons (Fsp3) is 0.312. The summed E-state index contributed by atoms with van der Waals surface area (Å²) in [6.07, 6.45) is 1.98. The van der Waals surface area contributed by atoms with E-state index in [2.05, 4.69) is 22.4 Å². The predicted octanol–water partition coefficient (Wildman–Crippen LogP) is 4.40. The number of hydrogen-bond donors (Lipinski definition) is 1. The Labute approximate surface area is 124 Å². The van der Waals surface area contributed by atoms with Crippen LogP contribution in [0.15, 0.2) is 42.5 Å². The van der Waals surface area contributed by atoms with Gasteiger partial charge in [-0.05, 0) is 43.5 Å². The minimum Gasteiger partial charge on any atom is -0.478 e. The molecule has 1 N–H and O–H groups in total. The van der Waals surface area contributed by atoms with E-state index in [0.29, 0.717) is 18.4 Å². The van der Waals surface area contributed by atoms with Gasteiger partial charge in [0.1, 0.15) is 5.82 Å². The minimum atomic E-state index is 0.615. The lowest BCUT2D eigenvalue weighted by Crippen LogP contribution is -1.98. The molecule has 0 amide bonds. The van der Waals surface area contributed by atoms with Crippen LogP contribution in [0.5, 0.6) is 5.88 Å². The summed E-state index contributed by atoms with van der Waals surface area (Å²) in [6.45, 7) is 2.56. The number of rotatable bonds is 7. The highest BCUT2D eigenvalue weighted by Crippen LogP contribution is 2.19. The van der Waals surface area contributed by atoms with Crippen molar-refractivity contribution in [2.24, 2.45) is 0 Å². The number of aromatic nitrogens is 1. The van der Waals surface area contributed by atoms with Crippen LogP contribution >= 0.6 is 11.6 Å². The van der Waals surface area contributed by atoms with Gasteiger partial charge in [0.05, 0.1) is 6.61 Å². The summed E-state index contributed by atoms with van der Waals surface area (Å²) in [5.41, 5.74) is 2.30. The second-order valence-electron chi connectivity index (χ2n) is 4.41. The van der Waals surface area contributed by atoms with Crippen LogP contribution in [0.4, 0.5) is 11.5 Å². The maximum atomic E-state index is 5.73. The molecular weight excluding hydrogens is 272 g/mol. The van der Waals surface area contributed by atoms with Gasteiger partial charge in [-0.2, -0.15) is 4.98 Å². The van der Waals surface area contributed by atoms with E-state index in [-0.39, 0.29) is 0 Å². The topological polar surface area (TPSA) is 34.1 Å². The molecule has 3 nitrogen and oxygen atoms in total. The summed E-state index contributed by atoms with van der Waals surface area (Å²) in [7, 11) is 0. The zero-order valence-corrected chi connectivity index (χ0v) is 12.4. The van der Waals surface area contributed by atoms with Crippen LogP contribution in [0.25, 0.3) is 0 Å². The lowest BCUT2D eigenvalue weighted by molar-refractivity contribution is 0.327. The molecule has 0 saturated heterocycles. The summed E-state index contributed by atoms with van der Waals surface area (Å²) in [6, 6.07) is 14.0. The molecule has 0 aliphatic carbocycles. The zero-order valence-electron chi connectivity index (χ0n) is 11.6. The summed E-state index contributed by atoms with van der Waals surface area (Å²) >= 11 is 5.73. The first-order valence-electron chi connectivity index (χ1n) is 6.83. The molecule has 0 atom stereocenters. The summed E-state index contributed by atoms with van der Waals surface area (Å²) in [5.74, 6) is 2.11. The van der Waals surface area contributed by atoms with E-state index in [4.69, 9.17) is 16.3 Å². The lowest BCUT2D eigenvalue weighted by atomic mass is 10.1. The quantitative estimate of drug-likeness (QED) is 0.768. The van der Waals surface area contributed by atoms with Gasteiger partial charge >= 0.3 is 0 Å². The van der Waals surface area contributed by atoms with Gasteiger partial charge in [-0.1, -0.05) is 18.2 Å². The molecule has 0 unspecified atom stereocenters. The van der Waals surface area contributed by atoms with Crippen molar-refractivity contribution < 1.29 is 4.74 Å². The summed E-state index contributed by atoms with van der Waals surface area (Å²) in [5, 5.41) is 3.30. The average Bonchev–Trinajstić information content (AvgIpc) is 2.46. The van der Waals surface area contributed by atoms with E-state index >= 15 is 0 Å². The molecule has 0 spiro atoms. The number of ether oxygens (including phenoxy) is 1. The number of anilines is 2. The third kappa shape index (κ3) is 4.42. The number of benzene rings is 1. The van der Waals surface area contributed by atoms with Crippen LogP contribution in [0.3, 0.4) is 0 Å². The van der Waals surface area contributed by atoms with Crippen LogP contribution in [0.1, 0.15) is 18.9 Å². The lowest BCUT2D eigenvalue weighted by Gasteiger charge is -2.09. The fourth-order valence-electron chi connectivity index (χ4n) is 1.94. The van der Waals surface area contributed by atoms with Crippen molar-refractivity contribution in [3.63, 3.8) is 0 Å². The largest absolute Gasteiger partial charge is 0.478 e. The number of pyridine rings is 1. The normalized spacial score (nSPS) is 10.3. The van der Waals surface area contributed by atoms with Gasteiger partial charge in [-0.25, -0.2) is 0 Å². The van der Waals surface area contributed by atoms with E-state index in [0.717, 1.165) is 24.3 Å². The highest BCUT2D eigenvalue weighted by Gasteiger charge is 2.00. The smallest absolute Gasteiger partial charge is 0.215 e. The van der Waals surface area contributed by atoms with Crippen LogP contribution in [0.2, 0.25) is 0 Å². The van der Waals surface area contributed by atoms with E-state index < -0.39 is 0 Å². The molecule has 2 aromatic rings. The number of halogens is 1. The molecule has 1 aromatic carbocycles. The number of hydrogen-bond acceptors (Lipinski definition) is 3. The van der Waals surface area contributed by atoms with Crippen LogP contribution in [-0.2, 0) is 6.42 Å². The Bertz CT molecular complexity index is 546. The number of nitrogens with zero attached hydrogens (tertiary/aromatic N) is 1. The molecule has 20 heavy (non-hydrogen) atoms. The monoisotopic (exact) mass is 290 g/mol. The van der Waals surface area contributed by atoms with E-state index in [9.17, 15) is 0 Å². The Morgan fingerprint density at radius 2 is 2.05 bits per heavy atom. The highest BCUT2D eigenvalue weighted by atomic mass is 35.5. The summed E-state index contributed by atoms with van der Waals surface area (Å²) in [4.78, 5) is 4.40. The van der Waals surface area contributed by atoms with Gasteiger partial charge in [-0.15, -0.1) is 11.6 Å². The molecule has 0 fully saturated rings. The molecule has 2 rings (SSSR count). The average molecular weight is 291 g/mol. The first-order valence-corrected chi connectivity index (χ1v) is 7.37. The second-order valence-corrected chi connectivity index (χ2v) is 4.79. The van der Waals surface area contributed by atoms with Gasteiger partial charge in [0.25, 0.3) is 0 Å². The third-order valence-electron chi connectivity index (χ3n) is 2.81. The number of alkyl halides is 1. The molecule has 0 bridgehead atoms. The van der Waals surface area contributed by atoms with Crippen molar-refractivity contribution in [2.75, 3.05) is 17.8 Å². The predicted molar refractivity (Wildman–Crippen MR) is 84.2 cm³/mol. The van der Waals surface area contributed by atoms with E-state index in [1.165, 1.54) is 5.56 Å². The van der Waals surface area contributed by atoms with Crippen molar-refractivity contribution in [3.05, 3.63) is 48.0 Å². The first kappa shape index (κ1) is 14.7. The Hall–Kier alpha value is -1.74. The standard InChI is InChI=1S/C16H19ClN2O/c1-2-20-16-10-4-9-15(19-16)18-14-8-3-6-13(12-14)7-5-11-17/h3-4,6,8-10,12H,2,5,7,11H2,1H3,(H,18,19). The van der Waals surface area contributed by atoms with Crippen molar-refractivity contribution >= 4 is 23.1 Å². The number of aryl methyl sites for hydroxylation is 1. The summed E-state index contributed by atoms with van der Waals surface area (Å²) < 4.78 is 5.40. The zero-order chi connectivity index (χ0) is 14.2. The Morgan fingerprint density at radius 1 is 1.20 bits per heavy atom. The van der Waals surface area contributed by atoms with E-state index in [1.807, 2.05) is 37.3 Å². The maximum absolute atomic E-state index is 5.73. The Kier molecular flexibility index (Phi) is 5.69. The highest BCUT2D eigenvalue weighted by molar-refractivity contribution is 6.17. The molecule has 0 aliphatic heterocycles. The molecule has 0 radical (unpaired) electrons. The van der Waals surface area contributed by atoms with Crippen LogP contribution in [0, 0.1) is 0 Å². The molecule has 4 heteroatoms. The van der Waals surface area contributed by atoms with Crippen molar-refractivity contribution in [3.8, 4) is 5.88 Å². The van der Waals surface area contributed by atoms with Crippen molar-refractivity contribution in [1.82, 2.24) is 4.98 Å². The van der Waals surface area contributed by atoms with Gasteiger partial charge < -0.3 is 10.1 Å². The molecule has 106 valence electrons. The number of nitrogens with one attached hydrogen (secondary N) is 1. The van der Waals surface area contributed by atoms with Gasteiger partial charge in [0.15, 0.2) is 0 Å². The van der Waals surface area contributed by atoms with E-state index in [1.54, 1.807) is 0 Å². The third-order valence-corrected chi connectivity index (χ3v) is 3.08. The minimum absolute atomic E-state index is 0.615. The van der Waals surface area contributed by atoms with Gasteiger partial charge in [0, 0.05) is 17.6 Å². The Balaban J connectivity index is 2.07. The molecule has 0 saturated carbocycles. The van der Waals surface area contributed by atoms with Gasteiger partial charge in [0.2, 0.25) is 5.88 Å². The maximum Gasteiger partial charge on any atom is 0.215 e. The van der Waals surface area contributed by atoms with Crippen LogP contribution < -0.4 is 10.1 Å². The molecule has 1 heterocycles. The second kappa shape index (κ2) is 7.75. The Morgan fingerprint density at radius 3 is 2.85 bits per heavy atom. The molecule has 1 aromatic heterocycles. The first-order chi connectivity index (χ1) is 9.81. The fourth-order valence-corrected chi connectivity index (χ4v) is 2.07. The molecule has 0 aliphatic rings. The molecular formula is C16H19ClN2O.